The van der Waals surface area contributed by atoms with E-state index in [-0.39, 0.29) is 6.04 Å². The first-order valence-electron chi connectivity index (χ1n) is 8.30. The molecule has 0 saturated carbocycles. The zero-order valence-electron chi connectivity index (χ0n) is 15.1. The third kappa shape index (κ3) is 9.10. The third-order valence-corrected chi connectivity index (χ3v) is 3.66. The van der Waals surface area contributed by atoms with E-state index < -0.39 is 11.5 Å². The summed E-state index contributed by atoms with van der Waals surface area (Å²) in [7, 11) is 0. The zero-order valence-corrected chi connectivity index (χ0v) is 15.1. The van der Waals surface area contributed by atoms with Crippen molar-refractivity contribution in [2.45, 2.75) is 72.9 Å². The molecule has 0 aliphatic rings. The third-order valence-electron chi connectivity index (χ3n) is 3.66. The molecule has 0 heterocycles. The van der Waals surface area contributed by atoms with Crippen LogP contribution < -0.4 is 5.32 Å². The maximum absolute atomic E-state index is 11.7. The molecule has 1 unspecified atom stereocenters. The molecular weight excluding hydrogens is 264 g/mol. The Labute approximate surface area is 131 Å². The summed E-state index contributed by atoms with van der Waals surface area (Å²) in [6.45, 7) is 17.1. The van der Waals surface area contributed by atoms with Gasteiger partial charge in [-0.2, -0.15) is 0 Å². The zero-order chi connectivity index (χ0) is 16.6. The van der Waals surface area contributed by atoms with E-state index in [1.54, 1.807) is 6.92 Å². The fourth-order valence-electron chi connectivity index (χ4n) is 2.41. The summed E-state index contributed by atoms with van der Waals surface area (Å²) in [5, 5.41) is 12.8. The molecule has 0 radical (unpaired) electrons. The van der Waals surface area contributed by atoms with E-state index in [9.17, 15) is 9.90 Å². The maximum Gasteiger partial charge on any atom is 0.324 e. The predicted octanol–water partition coefficient (Wildman–Crippen LogP) is 3.22. The van der Waals surface area contributed by atoms with Crippen LogP contribution in [0.3, 0.4) is 0 Å². The summed E-state index contributed by atoms with van der Waals surface area (Å²) in [6, 6.07) is 0.156. The SMILES string of the molecule is CC(C)CCN(CCC(C)C)CC(C)(NC(C)C)C(=O)O. The molecule has 0 spiro atoms. The van der Waals surface area contributed by atoms with E-state index in [1.807, 2.05) is 13.8 Å². The second-order valence-electron chi connectivity index (χ2n) is 7.58. The fourth-order valence-corrected chi connectivity index (χ4v) is 2.41. The largest absolute Gasteiger partial charge is 0.480 e. The Morgan fingerprint density at radius 1 is 1.05 bits per heavy atom. The van der Waals surface area contributed by atoms with Crippen LogP contribution in [0.15, 0.2) is 0 Å². The summed E-state index contributed by atoms with van der Waals surface area (Å²) in [6.07, 6.45) is 2.21. The predicted molar refractivity (Wildman–Crippen MR) is 89.7 cm³/mol. The molecule has 126 valence electrons. The van der Waals surface area contributed by atoms with Crippen LogP contribution in [0.2, 0.25) is 0 Å². The van der Waals surface area contributed by atoms with E-state index >= 15 is 0 Å². The second-order valence-corrected chi connectivity index (χ2v) is 7.58. The Hall–Kier alpha value is -0.610. The van der Waals surface area contributed by atoms with Gasteiger partial charge in [-0.15, -0.1) is 0 Å². The maximum atomic E-state index is 11.7. The quantitative estimate of drug-likeness (QED) is 0.615. The standard InChI is InChI=1S/C17H36N2O2/c1-13(2)8-10-19(11-9-14(3)4)12-17(7,16(20)21)18-15(5)6/h13-15,18H,8-12H2,1-7H3,(H,20,21). The van der Waals surface area contributed by atoms with E-state index in [0.717, 1.165) is 25.9 Å². The highest BCUT2D eigenvalue weighted by Crippen LogP contribution is 2.13. The van der Waals surface area contributed by atoms with Gasteiger partial charge in [0.1, 0.15) is 5.54 Å². The lowest BCUT2D eigenvalue weighted by atomic mass is 9.99. The highest BCUT2D eigenvalue weighted by Gasteiger charge is 2.35. The van der Waals surface area contributed by atoms with Gasteiger partial charge in [-0.1, -0.05) is 27.7 Å². The summed E-state index contributed by atoms with van der Waals surface area (Å²) < 4.78 is 0. The molecule has 21 heavy (non-hydrogen) atoms. The van der Waals surface area contributed by atoms with Gasteiger partial charge in [-0.05, 0) is 58.5 Å². The van der Waals surface area contributed by atoms with Crippen molar-refractivity contribution in [3.8, 4) is 0 Å². The van der Waals surface area contributed by atoms with Crippen molar-refractivity contribution < 1.29 is 9.90 Å². The average Bonchev–Trinajstić information content (AvgIpc) is 2.31. The van der Waals surface area contributed by atoms with Crippen molar-refractivity contribution in [1.82, 2.24) is 10.2 Å². The molecular formula is C17H36N2O2. The molecule has 0 rings (SSSR count). The summed E-state index contributed by atoms with van der Waals surface area (Å²) in [5.41, 5.74) is -0.887. The van der Waals surface area contributed by atoms with E-state index in [4.69, 9.17) is 0 Å². The Kier molecular flexibility index (Phi) is 9.14. The fraction of sp³-hybridized carbons (Fsp3) is 0.941. The number of nitrogens with zero attached hydrogens (tertiary/aromatic N) is 1. The van der Waals surface area contributed by atoms with Crippen LogP contribution >= 0.6 is 0 Å². The lowest BCUT2D eigenvalue weighted by Gasteiger charge is -2.35. The van der Waals surface area contributed by atoms with Crippen LogP contribution in [0.1, 0.15) is 61.3 Å². The normalized spacial score (nSPS) is 15.2. The summed E-state index contributed by atoms with van der Waals surface area (Å²) in [4.78, 5) is 14.0. The topological polar surface area (TPSA) is 52.6 Å². The molecule has 0 aliphatic heterocycles. The molecule has 0 aromatic heterocycles. The summed E-state index contributed by atoms with van der Waals surface area (Å²) in [5.74, 6) is 0.511. The molecule has 0 fully saturated rings. The Morgan fingerprint density at radius 2 is 1.48 bits per heavy atom. The first-order valence-corrected chi connectivity index (χ1v) is 8.30. The van der Waals surface area contributed by atoms with Crippen LogP contribution in [0.25, 0.3) is 0 Å². The number of hydrogen-bond acceptors (Lipinski definition) is 3. The number of hydrogen-bond donors (Lipinski definition) is 2. The molecule has 0 aliphatic carbocycles. The Bertz CT molecular complexity index is 291. The van der Waals surface area contributed by atoms with E-state index in [1.165, 1.54) is 0 Å². The first kappa shape index (κ1) is 20.4. The Morgan fingerprint density at radius 3 is 1.76 bits per heavy atom. The van der Waals surface area contributed by atoms with Crippen molar-refractivity contribution in [2.75, 3.05) is 19.6 Å². The molecule has 0 bridgehead atoms. The summed E-state index contributed by atoms with van der Waals surface area (Å²) >= 11 is 0. The van der Waals surface area contributed by atoms with Crippen LogP contribution in [0.5, 0.6) is 0 Å². The molecule has 4 heteroatoms. The van der Waals surface area contributed by atoms with Gasteiger partial charge in [0.05, 0.1) is 0 Å². The minimum absolute atomic E-state index is 0.156. The smallest absolute Gasteiger partial charge is 0.324 e. The van der Waals surface area contributed by atoms with Crippen LogP contribution in [-0.4, -0.2) is 47.2 Å². The van der Waals surface area contributed by atoms with Crippen molar-refractivity contribution in [1.29, 1.82) is 0 Å². The van der Waals surface area contributed by atoms with Gasteiger partial charge in [-0.25, -0.2) is 0 Å². The minimum Gasteiger partial charge on any atom is -0.480 e. The van der Waals surface area contributed by atoms with E-state index in [2.05, 4.69) is 37.9 Å². The number of carboxylic acids is 1. The molecule has 1 atom stereocenters. The molecule has 0 aromatic carbocycles. The van der Waals surface area contributed by atoms with Crippen molar-refractivity contribution in [3.63, 3.8) is 0 Å². The highest BCUT2D eigenvalue weighted by atomic mass is 16.4. The highest BCUT2D eigenvalue weighted by molar-refractivity contribution is 5.78. The van der Waals surface area contributed by atoms with Gasteiger partial charge in [0.15, 0.2) is 0 Å². The van der Waals surface area contributed by atoms with Crippen LogP contribution in [-0.2, 0) is 4.79 Å². The van der Waals surface area contributed by atoms with Crippen molar-refractivity contribution in [3.05, 3.63) is 0 Å². The van der Waals surface area contributed by atoms with Gasteiger partial charge >= 0.3 is 5.97 Å². The van der Waals surface area contributed by atoms with Crippen LogP contribution in [0.4, 0.5) is 0 Å². The van der Waals surface area contributed by atoms with Crippen LogP contribution in [0, 0.1) is 11.8 Å². The van der Waals surface area contributed by atoms with Crippen molar-refractivity contribution >= 4 is 5.97 Å². The van der Waals surface area contributed by atoms with Gasteiger partial charge in [0, 0.05) is 12.6 Å². The van der Waals surface area contributed by atoms with Gasteiger partial charge in [0.2, 0.25) is 0 Å². The van der Waals surface area contributed by atoms with Gasteiger partial charge in [-0.3, -0.25) is 10.1 Å². The number of nitrogens with one attached hydrogen (secondary N) is 1. The van der Waals surface area contributed by atoms with E-state index in [0.29, 0.717) is 18.4 Å². The number of carboxylic acid groups (broad SMARTS) is 1. The minimum atomic E-state index is -0.887. The Balaban J connectivity index is 4.81. The molecule has 4 nitrogen and oxygen atoms in total. The molecule has 0 aromatic rings. The lowest BCUT2D eigenvalue weighted by Crippen LogP contribution is -2.59. The number of carbonyl (C=O) groups is 1. The molecule has 0 saturated heterocycles. The number of aliphatic carboxylic acids is 1. The van der Waals surface area contributed by atoms with Crippen molar-refractivity contribution in [2.24, 2.45) is 11.8 Å². The molecule has 0 amide bonds. The lowest BCUT2D eigenvalue weighted by molar-refractivity contribution is -0.145. The monoisotopic (exact) mass is 300 g/mol. The van der Waals surface area contributed by atoms with Gasteiger partial charge in [0.25, 0.3) is 0 Å². The number of rotatable bonds is 11. The second kappa shape index (κ2) is 9.42. The molecule has 2 N–H and O–H groups in total. The van der Waals surface area contributed by atoms with Gasteiger partial charge < -0.3 is 10.0 Å². The first-order chi connectivity index (χ1) is 9.56. The average molecular weight is 300 g/mol.